The van der Waals surface area contributed by atoms with E-state index in [0.29, 0.717) is 12.1 Å². The highest BCUT2D eigenvalue weighted by molar-refractivity contribution is 7.10. The van der Waals surface area contributed by atoms with Crippen LogP contribution in [0.3, 0.4) is 0 Å². The molecule has 0 saturated carbocycles. The SMILES string of the molecule is O=C(c1cccc(-n2cnnn2)c1)N1CCc2sccc2C1c1cccs1. The zero-order valence-electron chi connectivity index (χ0n) is 14.2. The van der Waals surface area contributed by atoms with Crippen molar-refractivity contribution >= 4 is 28.6 Å². The molecule has 8 heteroatoms. The zero-order valence-corrected chi connectivity index (χ0v) is 15.9. The summed E-state index contributed by atoms with van der Waals surface area (Å²) in [7, 11) is 0. The lowest BCUT2D eigenvalue weighted by Gasteiger charge is -2.35. The first-order valence-electron chi connectivity index (χ1n) is 8.55. The van der Waals surface area contributed by atoms with Crippen LogP contribution in [0.4, 0.5) is 0 Å². The Kier molecular flexibility index (Phi) is 4.06. The molecular weight excluding hydrogens is 378 g/mol. The summed E-state index contributed by atoms with van der Waals surface area (Å²) in [4.78, 5) is 18.0. The van der Waals surface area contributed by atoms with Gasteiger partial charge >= 0.3 is 0 Å². The fourth-order valence-corrected chi connectivity index (χ4v) is 5.27. The van der Waals surface area contributed by atoms with Gasteiger partial charge in [-0.15, -0.1) is 27.8 Å². The number of carbonyl (C=O) groups is 1. The van der Waals surface area contributed by atoms with E-state index in [9.17, 15) is 4.79 Å². The molecule has 0 aliphatic carbocycles. The van der Waals surface area contributed by atoms with Crippen LogP contribution in [0, 0.1) is 0 Å². The fraction of sp³-hybridized carbons (Fsp3) is 0.158. The Morgan fingerprint density at radius 2 is 2.07 bits per heavy atom. The topological polar surface area (TPSA) is 63.9 Å². The Labute approximate surface area is 163 Å². The van der Waals surface area contributed by atoms with Crippen molar-refractivity contribution in [3.05, 3.63) is 80.4 Å². The van der Waals surface area contributed by atoms with Crippen molar-refractivity contribution in [2.45, 2.75) is 12.5 Å². The average molecular weight is 393 g/mol. The van der Waals surface area contributed by atoms with E-state index in [4.69, 9.17) is 0 Å². The lowest BCUT2D eigenvalue weighted by Crippen LogP contribution is -2.39. The minimum atomic E-state index is -0.0239. The number of thiophene rings is 2. The molecule has 4 heterocycles. The Morgan fingerprint density at radius 3 is 2.89 bits per heavy atom. The molecule has 1 aromatic carbocycles. The van der Waals surface area contributed by atoms with Gasteiger partial charge in [0, 0.05) is 21.9 Å². The predicted molar refractivity (Wildman–Crippen MR) is 104 cm³/mol. The third kappa shape index (κ3) is 2.87. The summed E-state index contributed by atoms with van der Waals surface area (Å²) in [6.07, 6.45) is 2.42. The van der Waals surface area contributed by atoms with Crippen LogP contribution >= 0.6 is 22.7 Å². The number of fused-ring (bicyclic) bond motifs is 1. The van der Waals surface area contributed by atoms with E-state index in [1.165, 1.54) is 21.6 Å². The zero-order chi connectivity index (χ0) is 18.2. The van der Waals surface area contributed by atoms with Crippen molar-refractivity contribution in [2.24, 2.45) is 0 Å². The summed E-state index contributed by atoms with van der Waals surface area (Å²) in [5.41, 5.74) is 2.66. The summed E-state index contributed by atoms with van der Waals surface area (Å²) in [6, 6.07) is 13.7. The van der Waals surface area contributed by atoms with Crippen LogP contribution in [0.2, 0.25) is 0 Å². The van der Waals surface area contributed by atoms with Crippen molar-refractivity contribution in [2.75, 3.05) is 6.54 Å². The first-order chi connectivity index (χ1) is 13.3. The molecule has 27 heavy (non-hydrogen) atoms. The maximum absolute atomic E-state index is 13.4. The molecule has 3 aromatic heterocycles. The number of rotatable bonds is 3. The Hall–Kier alpha value is -2.84. The van der Waals surface area contributed by atoms with Gasteiger partial charge in [0.1, 0.15) is 6.33 Å². The molecule has 0 bridgehead atoms. The molecule has 0 saturated heterocycles. The first kappa shape index (κ1) is 16.3. The number of hydrogen-bond donors (Lipinski definition) is 0. The van der Waals surface area contributed by atoms with Crippen LogP contribution in [-0.4, -0.2) is 37.6 Å². The number of carbonyl (C=O) groups excluding carboxylic acids is 1. The number of aromatic nitrogens is 4. The molecule has 4 aromatic rings. The van der Waals surface area contributed by atoms with Crippen molar-refractivity contribution in [3.63, 3.8) is 0 Å². The number of tetrazole rings is 1. The smallest absolute Gasteiger partial charge is 0.254 e. The number of amides is 1. The highest BCUT2D eigenvalue weighted by atomic mass is 32.1. The predicted octanol–water partition coefficient (Wildman–Crippen LogP) is 3.57. The minimum Gasteiger partial charge on any atom is -0.326 e. The van der Waals surface area contributed by atoms with Crippen LogP contribution in [0.5, 0.6) is 0 Å². The summed E-state index contributed by atoms with van der Waals surface area (Å²) in [5.74, 6) is 0.0279. The second-order valence-corrected chi connectivity index (χ2v) is 8.25. The molecule has 0 fully saturated rings. The Bertz CT molecular complexity index is 1070. The van der Waals surface area contributed by atoms with Crippen molar-refractivity contribution in [1.29, 1.82) is 0 Å². The molecule has 1 aliphatic rings. The maximum Gasteiger partial charge on any atom is 0.254 e. The lowest BCUT2D eigenvalue weighted by molar-refractivity contribution is 0.0698. The first-order valence-corrected chi connectivity index (χ1v) is 10.3. The van der Waals surface area contributed by atoms with E-state index in [0.717, 1.165) is 12.1 Å². The quantitative estimate of drug-likeness (QED) is 0.534. The fourth-order valence-electron chi connectivity index (χ4n) is 3.52. The summed E-state index contributed by atoms with van der Waals surface area (Å²) in [5, 5.41) is 15.4. The van der Waals surface area contributed by atoms with Crippen molar-refractivity contribution in [3.8, 4) is 5.69 Å². The molecule has 1 unspecified atom stereocenters. The highest BCUT2D eigenvalue weighted by Crippen LogP contribution is 2.40. The van der Waals surface area contributed by atoms with Crippen LogP contribution in [0.15, 0.2) is 59.6 Å². The lowest BCUT2D eigenvalue weighted by atomic mass is 9.97. The number of benzene rings is 1. The molecular formula is C19H15N5OS2. The monoisotopic (exact) mass is 393 g/mol. The van der Waals surface area contributed by atoms with Gasteiger partial charge in [0.25, 0.3) is 5.91 Å². The highest BCUT2D eigenvalue weighted by Gasteiger charge is 2.33. The van der Waals surface area contributed by atoms with Gasteiger partial charge in [-0.25, -0.2) is 4.68 Å². The Balaban J connectivity index is 1.54. The second-order valence-electron chi connectivity index (χ2n) is 6.27. The van der Waals surface area contributed by atoms with E-state index in [-0.39, 0.29) is 11.9 Å². The minimum absolute atomic E-state index is 0.0239. The number of nitrogens with zero attached hydrogens (tertiary/aromatic N) is 5. The van der Waals surface area contributed by atoms with Gasteiger partial charge in [-0.1, -0.05) is 12.1 Å². The van der Waals surface area contributed by atoms with Crippen LogP contribution in [0.1, 0.15) is 31.7 Å². The molecule has 134 valence electrons. The third-order valence-corrected chi connectivity index (χ3v) is 6.67. The molecule has 1 atom stereocenters. The van der Waals surface area contributed by atoms with Gasteiger partial charge in [0.2, 0.25) is 0 Å². The van der Waals surface area contributed by atoms with Gasteiger partial charge in [-0.3, -0.25) is 4.79 Å². The summed E-state index contributed by atoms with van der Waals surface area (Å²) < 4.78 is 1.56. The molecule has 0 radical (unpaired) electrons. The van der Waals surface area contributed by atoms with Gasteiger partial charge in [-0.05, 0) is 63.5 Å². The third-order valence-electron chi connectivity index (χ3n) is 4.75. The largest absolute Gasteiger partial charge is 0.326 e. The molecule has 5 rings (SSSR count). The van der Waals surface area contributed by atoms with Gasteiger partial charge < -0.3 is 4.90 Å². The van der Waals surface area contributed by atoms with Crippen molar-refractivity contribution < 1.29 is 4.79 Å². The Morgan fingerprint density at radius 1 is 1.11 bits per heavy atom. The van der Waals surface area contributed by atoms with E-state index in [2.05, 4.69) is 38.4 Å². The average Bonchev–Trinajstić information content (AvgIpc) is 3.49. The van der Waals surface area contributed by atoms with Gasteiger partial charge in [0.15, 0.2) is 0 Å². The second kappa shape index (κ2) is 6.71. The normalized spacial score (nSPS) is 16.3. The molecule has 1 amide bonds. The number of hydrogen-bond acceptors (Lipinski definition) is 6. The molecule has 0 N–H and O–H groups in total. The summed E-state index contributed by atoms with van der Waals surface area (Å²) >= 11 is 3.47. The molecule has 6 nitrogen and oxygen atoms in total. The van der Waals surface area contributed by atoms with Crippen LogP contribution in [-0.2, 0) is 6.42 Å². The van der Waals surface area contributed by atoms with Gasteiger partial charge in [0.05, 0.1) is 11.7 Å². The van der Waals surface area contributed by atoms with E-state index in [1.807, 2.05) is 35.2 Å². The van der Waals surface area contributed by atoms with Gasteiger partial charge in [-0.2, -0.15) is 0 Å². The van der Waals surface area contributed by atoms with Crippen LogP contribution < -0.4 is 0 Å². The standard InChI is InChI=1S/C19H15N5OS2/c25-19(13-3-1-4-14(11-13)24-12-20-21-22-24)23-8-6-16-15(7-10-27-16)18(23)17-5-2-9-26-17/h1-5,7,9-12,18H,6,8H2. The van der Waals surface area contributed by atoms with E-state index >= 15 is 0 Å². The summed E-state index contributed by atoms with van der Waals surface area (Å²) in [6.45, 7) is 0.712. The molecule has 1 aliphatic heterocycles. The van der Waals surface area contributed by atoms with E-state index in [1.54, 1.807) is 27.4 Å². The van der Waals surface area contributed by atoms with E-state index < -0.39 is 0 Å². The molecule has 0 spiro atoms. The maximum atomic E-state index is 13.4. The van der Waals surface area contributed by atoms with Crippen molar-refractivity contribution in [1.82, 2.24) is 25.1 Å². The van der Waals surface area contributed by atoms with Crippen LogP contribution in [0.25, 0.3) is 5.69 Å².